The average molecular weight is 494 g/mol. The van der Waals surface area contributed by atoms with Gasteiger partial charge in [-0.1, -0.05) is 54.6 Å². The molecule has 0 radical (unpaired) electrons. The standard InChI is InChI=1S/C31H31N3O3/c1-34(28-14-6-3-7-15-28)31(36)25-17-19-26(20-18-25)32-23-30(35)33-27-13-8-16-29(22-27)37-21-9-12-24-10-4-2-5-11-24/h2-8,10-11,13-20,22,32H,9,12,21,23H2,1H3,(H,33,35). The van der Waals surface area contributed by atoms with Gasteiger partial charge in [0.1, 0.15) is 5.75 Å². The van der Waals surface area contributed by atoms with Crippen molar-refractivity contribution in [1.82, 2.24) is 0 Å². The number of rotatable bonds is 11. The van der Waals surface area contributed by atoms with Crippen LogP contribution in [0.2, 0.25) is 0 Å². The lowest BCUT2D eigenvalue weighted by atomic mass is 10.1. The molecule has 6 heteroatoms. The SMILES string of the molecule is CN(C(=O)c1ccc(NCC(=O)Nc2cccc(OCCCc3ccccc3)c2)cc1)c1ccccc1. The molecule has 0 aliphatic carbocycles. The van der Waals surface area contributed by atoms with Crippen LogP contribution in [0.4, 0.5) is 17.1 Å². The Labute approximate surface area is 217 Å². The van der Waals surface area contributed by atoms with Crippen LogP contribution in [0.25, 0.3) is 0 Å². The van der Waals surface area contributed by atoms with Crippen molar-refractivity contribution in [2.45, 2.75) is 12.8 Å². The Balaban J connectivity index is 1.21. The first-order chi connectivity index (χ1) is 18.1. The van der Waals surface area contributed by atoms with Crippen molar-refractivity contribution >= 4 is 28.9 Å². The van der Waals surface area contributed by atoms with E-state index in [0.717, 1.165) is 30.0 Å². The van der Waals surface area contributed by atoms with Gasteiger partial charge in [-0.15, -0.1) is 0 Å². The third-order valence-electron chi connectivity index (χ3n) is 5.87. The summed E-state index contributed by atoms with van der Waals surface area (Å²) in [5.41, 5.74) is 4.12. The van der Waals surface area contributed by atoms with Gasteiger partial charge < -0.3 is 20.3 Å². The predicted octanol–water partition coefficient (Wildman–Crippen LogP) is 6.03. The smallest absolute Gasteiger partial charge is 0.258 e. The van der Waals surface area contributed by atoms with E-state index in [1.807, 2.05) is 72.8 Å². The van der Waals surface area contributed by atoms with Crippen LogP contribution in [0.5, 0.6) is 5.75 Å². The zero-order valence-corrected chi connectivity index (χ0v) is 20.9. The second kappa shape index (κ2) is 12.9. The van der Waals surface area contributed by atoms with Crippen molar-refractivity contribution in [1.29, 1.82) is 0 Å². The monoisotopic (exact) mass is 493 g/mol. The minimum absolute atomic E-state index is 0.0966. The summed E-state index contributed by atoms with van der Waals surface area (Å²) < 4.78 is 5.86. The molecule has 0 bridgehead atoms. The van der Waals surface area contributed by atoms with Crippen LogP contribution in [-0.2, 0) is 11.2 Å². The van der Waals surface area contributed by atoms with Crippen molar-refractivity contribution in [3.63, 3.8) is 0 Å². The van der Waals surface area contributed by atoms with Crippen molar-refractivity contribution in [2.24, 2.45) is 0 Å². The summed E-state index contributed by atoms with van der Waals surface area (Å²) in [5, 5.41) is 5.98. The molecular weight excluding hydrogens is 462 g/mol. The predicted molar refractivity (Wildman–Crippen MR) is 149 cm³/mol. The number of carbonyl (C=O) groups is 2. The van der Waals surface area contributed by atoms with Crippen LogP contribution in [0.15, 0.2) is 109 Å². The Kier molecular flexibility index (Phi) is 8.92. The number of para-hydroxylation sites is 1. The summed E-state index contributed by atoms with van der Waals surface area (Å²) >= 11 is 0. The number of carbonyl (C=O) groups excluding carboxylic acids is 2. The second-order valence-corrected chi connectivity index (χ2v) is 8.64. The summed E-state index contributed by atoms with van der Waals surface area (Å²) in [4.78, 5) is 26.8. The topological polar surface area (TPSA) is 70.7 Å². The van der Waals surface area contributed by atoms with Gasteiger partial charge in [0, 0.05) is 35.7 Å². The van der Waals surface area contributed by atoms with Gasteiger partial charge in [0.05, 0.1) is 13.2 Å². The zero-order valence-electron chi connectivity index (χ0n) is 20.9. The Morgan fingerprint density at radius 3 is 2.22 bits per heavy atom. The van der Waals surface area contributed by atoms with Crippen LogP contribution in [0.1, 0.15) is 22.3 Å². The maximum Gasteiger partial charge on any atom is 0.258 e. The largest absolute Gasteiger partial charge is 0.494 e. The van der Waals surface area contributed by atoms with E-state index in [1.165, 1.54) is 5.56 Å². The highest BCUT2D eigenvalue weighted by Crippen LogP contribution is 2.19. The van der Waals surface area contributed by atoms with Crippen molar-refractivity contribution < 1.29 is 14.3 Å². The van der Waals surface area contributed by atoms with Gasteiger partial charge in [-0.3, -0.25) is 9.59 Å². The summed E-state index contributed by atoms with van der Waals surface area (Å²) in [7, 11) is 1.75. The summed E-state index contributed by atoms with van der Waals surface area (Å²) in [5.74, 6) is 0.447. The lowest BCUT2D eigenvalue weighted by Gasteiger charge is -2.17. The molecule has 0 aliphatic rings. The number of nitrogens with zero attached hydrogens (tertiary/aromatic N) is 1. The molecule has 0 spiro atoms. The second-order valence-electron chi connectivity index (χ2n) is 8.64. The molecule has 0 aliphatic heterocycles. The first-order valence-corrected chi connectivity index (χ1v) is 12.3. The molecule has 37 heavy (non-hydrogen) atoms. The molecule has 0 unspecified atom stereocenters. The zero-order chi connectivity index (χ0) is 25.9. The minimum Gasteiger partial charge on any atom is -0.494 e. The van der Waals surface area contributed by atoms with E-state index < -0.39 is 0 Å². The van der Waals surface area contributed by atoms with E-state index in [0.29, 0.717) is 17.9 Å². The number of nitrogens with one attached hydrogen (secondary N) is 2. The van der Waals surface area contributed by atoms with E-state index in [-0.39, 0.29) is 18.4 Å². The van der Waals surface area contributed by atoms with E-state index in [4.69, 9.17) is 4.74 Å². The number of hydrogen-bond acceptors (Lipinski definition) is 4. The summed E-state index contributed by atoms with van der Waals surface area (Å²) in [6.45, 7) is 0.701. The molecule has 0 saturated heterocycles. The highest BCUT2D eigenvalue weighted by molar-refractivity contribution is 6.05. The Morgan fingerprint density at radius 1 is 0.784 bits per heavy atom. The number of ether oxygens (including phenoxy) is 1. The Bertz CT molecular complexity index is 1290. The van der Waals surface area contributed by atoms with E-state index in [1.54, 1.807) is 36.2 Å². The Hall–Kier alpha value is -4.58. The molecule has 2 N–H and O–H groups in total. The highest BCUT2D eigenvalue weighted by atomic mass is 16.5. The van der Waals surface area contributed by atoms with Gasteiger partial charge in [0.25, 0.3) is 5.91 Å². The maximum atomic E-state index is 12.7. The van der Waals surface area contributed by atoms with E-state index in [9.17, 15) is 9.59 Å². The van der Waals surface area contributed by atoms with Crippen LogP contribution < -0.4 is 20.3 Å². The number of aryl methyl sites for hydroxylation is 1. The van der Waals surface area contributed by atoms with Gasteiger partial charge in [-0.05, 0) is 66.9 Å². The third-order valence-corrected chi connectivity index (χ3v) is 5.87. The molecule has 4 rings (SSSR count). The van der Waals surface area contributed by atoms with Gasteiger partial charge in [-0.2, -0.15) is 0 Å². The van der Waals surface area contributed by atoms with Crippen LogP contribution in [0.3, 0.4) is 0 Å². The first-order valence-electron chi connectivity index (χ1n) is 12.3. The molecule has 6 nitrogen and oxygen atoms in total. The fourth-order valence-corrected chi connectivity index (χ4v) is 3.86. The van der Waals surface area contributed by atoms with Crippen LogP contribution >= 0.6 is 0 Å². The molecular formula is C31H31N3O3. The average Bonchev–Trinajstić information content (AvgIpc) is 2.95. The maximum absolute atomic E-state index is 12.7. The summed E-state index contributed by atoms with van der Waals surface area (Å²) in [6.07, 6.45) is 1.87. The lowest BCUT2D eigenvalue weighted by Crippen LogP contribution is -2.26. The molecule has 2 amide bonds. The normalized spacial score (nSPS) is 10.4. The van der Waals surface area contributed by atoms with Gasteiger partial charge in [0.2, 0.25) is 5.91 Å². The molecule has 0 fully saturated rings. The molecule has 0 heterocycles. The molecule has 188 valence electrons. The quantitative estimate of drug-likeness (QED) is 0.251. The van der Waals surface area contributed by atoms with Crippen molar-refractivity contribution in [2.75, 3.05) is 35.7 Å². The number of hydrogen-bond donors (Lipinski definition) is 2. The van der Waals surface area contributed by atoms with Crippen molar-refractivity contribution in [3.05, 3.63) is 120 Å². The van der Waals surface area contributed by atoms with Gasteiger partial charge >= 0.3 is 0 Å². The fraction of sp³-hybridized carbons (Fsp3) is 0.161. The van der Waals surface area contributed by atoms with Crippen molar-refractivity contribution in [3.8, 4) is 5.75 Å². The minimum atomic E-state index is -0.176. The molecule has 0 saturated carbocycles. The van der Waals surface area contributed by atoms with E-state index in [2.05, 4.69) is 22.8 Å². The number of benzene rings is 4. The van der Waals surface area contributed by atoms with Gasteiger partial charge in [-0.25, -0.2) is 0 Å². The van der Waals surface area contributed by atoms with Crippen LogP contribution in [-0.4, -0.2) is 32.0 Å². The number of anilines is 3. The van der Waals surface area contributed by atoms with Crippen LogP contribution in [0, 0.1) is 0 Å². The van der Waals surface area contributed by atoms with E-state index >= 15 is 0 Å². The number of amides is 2. The molecule has 4 aromatic rings. The molecule has 0 aromatic heterocycles. The molecule has 0 atom stereocenters. The molecule has 4 aromatic carbocycles. The lowest BCUT2D eigenvalue weighted by molar-refractivity contribution is -0.114. The first kappa shape index (κ1) is 25.5. The van der Waals surface area contributed by atoms with Gasteiger partial charge in [0.15, 0.2) is 0 Å². The fourth-order valence-electron chi connectivity index (χ4n) is 3.86. The third kappa shape index (κ3) is 7.70. The summed E-state index contributed by atoms with van der Waals surface area (Å²) in [6, 6.07) is 34.3. The Morgan fingerprint density at radius 2 is 1.49 bits per heavy atom. The highest BCUT2D eigenvalue weighted by Gasteiger charge is 2.13.